The van der Waals surface area contributed by atoms with Crippen molar-refractivity contribution in [3.63, 3.8) is 0 Å². The molecule has 0 aromatic carbocycles. The summed E-state index contributed by atoms with van der Waals surface area (Å²) < 4.78 is 17.3. The molecule has 0 radical (unpaired) electrons. The van der Waals surface area contributed by atoms with Crippen LogP contribution >= 0.6 is 0 Å². The molecule has 0 aromatic rings. The van der Waals surface area contributed by atoms with Gasteiger partial charge in [0.15, 0.2) is 6.10 Å². The summed E-state index contributed by atoms with van der Waals surface area (Å²) in [6.07, 6.45) is 75.1. The average molecular weight is 885 g/mol. The Morgan fingerprint density at radius 1 is 0.359 bits per heavy atom. The molecule has 0 bridgehead atoms. The van der Waals surface area contributed by atoms with Gasteiger partial charge in [0.1, 0.15) is 6.61 Å². The van der Waals surface area contributed by atoms with Crippen LogP contribution in [-0.2, 0) is 23.8 Å². The second-order valence-electron chi connectivity index (χ2n) is 16.7. The lowest BCUT2D eigenvalue weighted by Gasteiger charge is -2.18. The molecule has 0 aromatic heterocycles. The van der Waals surface area contributed by atoms with Crippen LogP contribution in [0.4, 0.5) is 0 Å². The van der Waals surface area contributed by atoms with Gasteiger partial charge in [-0.3, -0.25) is 9.59 Å². The third-order valence-electron chi connectivity index (χ3n) is 10.5. The van der Waals surface area contributed by atoms with Crippen molar-refractivity contribution in [2.24, 2.45) is 0 Å². The Hall–Kier alpha value is -3.70. The fourth-order valence-corrected chi connectivity index (χ4v) is 6.70. The summed E-state index contributed by atoms with van der Waals surface area (Å²) in [5, 5.41) is 0. The van der Waals surface area contributed by atoms with Crippen LogP contribution in [0.5, 0.6) is 0 Å². The maximum absolute atomic E-state index is 12.8. The van der Waals surface area contributed by atoms with Gasteiger partial charge >= 0.3 is 11.9 Å². The molecule has 0 saturated heterocycles. The van der Waals surface area contributed by atoms with E-state index in [4.69, 9.17) is 14.2 Å². The zero-order valence-electron chi connectivity index (χ0n) is 41.5. The number of unbranched alkanes of at least 4 members (excludes halogenated alkanes) is 15. The molecule has 64 heavy (non-hydrogen) atoms. The van der Waals surface area contributed by atoms with Crippen LogP contribution in [0.1, 0.15) is 213 Å². The van der Waals surface area contributed by atoms with Crippen LogP contribution in [0.3, 0.4) is 0 Å². The van der Waals surface area contributed by atoms with Gasteiger partial charge in [0.2, 0.25) is 0 Å². The highest BCUT2D eigenvalue weighted by molar-refractivity contribution is 5.70. The summed E-state index contributed by atoms with van der Waals surface area (Å²) in [6, 6.07) is 0. The van der Waals surface area contributed by atoms with Crippen LogP contribution in [0.2, 0.25) is 0 Å². The van der Waals surface area contributed by atoms with E-state index in [1.807, 2.05) is 6.08 Å². The molecule has 0 spiro atoms. The van der Waals surface area contributed by atoms with Crippen molar-refractivity contribution in [3.8, 4) is 0 Å². The van der Waals surface area contributed by atoms with Crippen molar-refractivity contribution in [3.05, 3.63) is 122 Å². The Morgan fingerprint density at radius 3 is 1.16 bits per heavy atom. The average Bonchev–Trinajstić information content (AvgIpc) is 3.30. The van der Waals surface area contributed by atoms with E-state index in [9.17, 15) is 9.59 Å². The summed E-state index contributed by atoms with van der Waals surface area (Å²) in [5.74, 6) is -0.547. The summed E-state index contributed by atoms with van der Waals surface area (Å²) in [7, 11) is 0. The number of allylic oxidation sites excluding steroid dienone is 20. The van der Waals surface area contributed by atoms with Gasteiger partial charge in [-0.15, -0.1) is 0 Å². The van der Waals surface area contributed by atoms with E-state index in [1.54, 1.807) is 0 Å². The molecule has 0 aliphatic heterocycles. The highest BCUT2D eigenvalue weighted by Gasteiger charge is 2.17. The maximum atomic E-state index is 12.8. The Morgan fingerprint density at radius 2 is 0.734 bits per heavy atom. The maximum Gasteiger partial charge on any atom is 0.306 e. The topological polar surface area (TPSA) is 61.8 Å². The molecule has 0 saturated carbocycles. The number of ether oxygens (including phenoxy) is 3. The first-order valence-electron chi connectivity index (χ1n) is 26.1. The van der Waals surface area contributed by atoms with E-state index in [0.717, 1.165) is 96.3 Å². The van der Waals surface area contributed by atoms with Crippen LogP contribution in [-0.4, -0.2) is 37.9 Å². The molecule has 5 nitrogen and oxygen atoms in total. The largest absolute Gasteiger partial charge is 0.462 e. The molecule has 1 unspecified atom stereocenters. The highest BCUT2D eigenvalue weighted by atomic mass is 16.6. The van der Waals surface area contributed by atoms with Gasteiger partial charge in [-0.1, -0.05) is 226 Å². The molecular weight excluding hydrogens is 789 g/mol. The number of carbonyl (C=O) groups is 2. The van der Waals surface area contributed by atoms with Crippen molar-refractivity contribution in [1.82, 2.24) is 0 Å². The smallest absolute Gasteiger partial charge is 0.306 e. The van der Waals surface area contributed by atoms with Gasteiger partial charge in [-0.2, -0.15) is 0 Å². The molecule has 0 rings (SSSR count). The molecule has 0 heterocycles. The van der Waals surface area contributed by atoms with Gasteiger partial charge in [0.05, 0.1) is 6.61 Å². The minimum absolute atomic E-state index is 0.0228. The second kappa shape index (κ2) is 53.6. The standard InChI is InChI=1S/C59H96O5/c1-4-7-10-13-16-19-22-25-28-29-30-31-33-34-37-40-43-46-49-52-58(60)63-56-57(55-62-54-51-48-45-42-39-36-27-24-21-18-15-12-9-6-3)64-59(61)53-50-47-44-41-38-35-32-26-23-20-17-14-11-8-5-2/h7-8,10-11,16-17,19-20,25-26,28,30-32,34,37-38,41,43,46,57H,4-6,9,12-15,18,21-24,27,29,33,35-36,39-40,42,44-45,47-56H2,1-3H3/b10-7-,11-8-,19-16-,20-17-,28-25-,31-30-,32-26-,37-34-,41-38-,46-43-. The normalized spacial score (nSPS) is 13.2. The molecule has 0 aliphatic carbocycles. The van der Waals surface area contributed by atoms with Crippen LogP contribution in [0, 0.1) is 0 Å². The first kappa shape index (κ1) is 60.3. The van der Waals surface area contributed by atoms with Gasteiger partial charge in [-0.05, 0) is 96.3 Å². The van der Waals surface area contributed by atoms with Crippen molar-refractivity contribution in [2.75, 3.05) is 19.8 Å². The fourth-order valence-electron chi connectivity index (χ4n) is 6.70. The zero-order valence-corrected chi connectivity index (χ0v) is 41.5. The zero-order chi connectivity index (χ0) is 46.3. The van der Waals surface area contributed by atoms with Crippen molar-refractivity contribution >= 4 is 11.9 Å². The van der Waals surface area contributed by atoms with E-state index in [1.165, 1.54) is 77.0 Å². The number of hydrogen-bond donors (Lipinski definition) is 0. The molecule has 5 heteroatoms. The third-order valence-corrected chi connectivity index (χ3v) is 10.5. The minimum atomic E-state index is -0.594. The predicted molar refractivity (Wildman–Crippen MR) is 279 cm³/mol. The number of esters is 2. The van der Waals surface area contributed by atoms with E-state index < -0.39 is 6.10 Å². The first-order chi connectivity index (χ1) is 31.6. The SMILES string of the molecule is CC/C=C\C/C=C\C/C=C\C/C=C\C/C=C\C/C=C\CCC(=O)OCC(COCCCCCCCCCCCCCCCC)OC(=O)CCCC/C=C\C/C=C\C/C=C\C/C=C\CC. The minimum Gasteiger partial charge on any atom is -0.462 e. The molecule has 0 aliphatic rings. The van der Waals surface area contributed by atoms with E-state index >= 15 is 0 Å². The predicted octanol–water partition coefficient (Wildman–Crippen LogP) is 17.8. The van der Waals surface area contributed by atoms with Crippen molar-refractivity contribution in [2.45, 2.75) is 219 Å². The molecule has 0 fully saturated rings. The summed E-state index contributed by atoms with van der Waals surface area (Å²) in [6.45, 7) is 7.47. The molecule has 0 N–H and O–H groups in total. The number of rotatable bonds is 46. The number of hydrogen-bond acceptors (Lipinski definition) is 5. The summed E-state index contributed by atoms with van der Waals surface area (Å²) in [5.41, 5.74) is 0. The highest BCUT2D eigenvalue weighted by Crippen LogP contribution is 2.14. The second-order valence-corrected chi connectivity index (χ2v) is 16.7. The fraction of sp³-hybridized carbons (Fsp3) is 0.627. The first-order valence-corrected chi connectivity index (χ1v) is 26.1. The molecular formula is C59H96O5. The van der Waals surface area contributed by atoms with Crippen LogP contribution < -0.4 is 0 Å². The van der Waals surface area contributed by atoms with Gasteiger partial charge < -0.3 is 14.2 Å². The lowest BCUT2D eigenvalue weighted by Crippen LogP contribution is -2.30. The molecule has 362 valence electrons. The van der Waals surface area contributed by atoms with E-state index in [0.29, 0.717) is 25.9 Å². The lowest BCUT2D eigenvalue weighted by atomic mass is 10.0. The van der Waals surface area contributed by atoms with Gasteiger partial charge in [0.25, 0.3) is 0 Å². The van der Waals surface area contributed by atoms with E-state index in [2.05, 4.69) is 136 Å². The monoisotopic (exact) mass is 885 g/mol. The summed E-state index contributed by atoms with van der Waals surface area (Å²) in [4.78, 5) is 25.4. The van der Waals surface area contributed by atoms with E-state index in [-0.39, 0.29) is 25.2 Å². The third kappa shape index (κ3) is 50.9. The lowest BCUT2D eigenvalue weighted by molar-refractivity contribution is -0.162. The van der Waals surface area contributed by atoms with Crippen molar-refractivity contribution < 1.29 is 23.8 Å². The van der Waals surface area contributed by atoms with Crippen molar-refractivity contribution in [1.29, 1.82) is 0 Å². The molecule has 0 amide bonds. The van der Waals surface area contributed by atoms with Crippen LogP contribution in [0.25, 0.3) is 0 Å². The quantitative estimate of drug-likeness (QED) is 0.0346. The van der Waals surface area contributed by atoms with Gasteiger partial charge in [-0.25, -0.2) is 0 Å². The Labute approximate surface area is 395 Å². The Balaban J connectivity index is 4.47. The molecule has 1 atom stereocenters. The van der Waals surface area contributed by atoms with Crippen LogP contribution in [0.15, 0.2) is 122 Å². The summed E-state index contributed by atoms with van der Waals surface area (Å²) >= 11 is 0. The Kier molecular flexibility index (Phi) is 50.5. The number of carbonyl (C=O) groups excluding carboxylic acids is 2. The van der Waals surface area contributed by atoms with Gasteiger partial charge in [0, 0.05) is 19.4 Å². The Bertz CT molecular complexity index is 1320.